The number of nitrogens with zero attached hydrogens (tertiary/aromatic N) is 1. The van der Waals surface area contributed by atoms with Crippen molar-refractivity contribution in [2.45, 2.75) is 18.9 Å². The summed E-state index contributed by atoms with van der Waals surface area (Å²) in [4.78, 5) is 13.2. The van der Waals surface area contributed by atoms with Crippen LogP contribution in [0.25, 0.3) is 0 Å². The maximum Gasteiger partial charge on any atom is 0.235 e. The summed E-state index contributed by atoms with van der Waals surface area (Å²) < 4.78 is 5.32. The quantitative estimate of drug-likeness (QED) is 0.345. The van der Waals surface area contributed by atoms with Crippen molar-refractivity contribution in [1.29, 1.82) is 0 Å². The molecule has 0 aromatic rings. The largest absolute Gasteiger partial charge is 0.374 e. The fourth-order valence-electron chi connectivity index (χ4n) is 1.14. The third-order valence-corrected chi connectivity index (χ3v) is 1.73. The molecule has 3 nitrogen and oxygen atoms in total. The van der Waals surface area contributed by atoms with Crippen LogP contribution in [0.15, 0.2) is 17.1 Å². The first-order chi connectivity index (χ1) is 5.34. The average Bonchev–Trinajstić information content (AvgIpc) is 2.52. The molecule has 0 amide bonds. The summed E-state index contributed by atoms with van der Waals surface area (Å²) in [5, 5.41) is 0. The standard InChI is InChI=1S/C8H11NO2/c1-7(5-9-6-10)8-3-2-4-11-8/h8H,1-5H2. The first kappa shape index (κ1) is 8.18. The molecule has 0 aromatic carbocycles. The highest BCUT2D eigenvalue weighted by Crippen LogP contribution is 2.18. The smallest absolute Gasteiger partial charge is 0.235 e. The Morgan fingerprint density at radius 3 is 3.18 bits per heavy atom. The molecule has 11 heavy (non-hydrogen) atoms. The van der Waals surface area contributed by atoms with E-state index in [1.165, 1.54) is 6.08 Å². The Balaban J connectivity index is 2.34. The zero-order chi connectivity index (χ0) is 8.10. The first-order valence-electron chi connectivity index (χ1n) is 3.67. The molecule has 1 saturated heterocycles. The van der Waals surface area contributed by atoms with Gasteiger partial charge >= 0.3 is 0 Å². The summed E-state index contributed by atoms with van der Waals surface area (Å²) >= 11 is 0. The van der Waals surface area contributed by atoms with E-state index in [0.29, 0.717) is 6.54 Å². The predicted octanol–water partition coefficient (Wildman–Crippen LogP) is 1.06. The van der Waals surface area contributed by atoms with Crippen molar-refractivity contribution in [1.82, 2.24) is 0 Å². The second-order valence-electron chi connectivity index (χ2n) is 2.57. The van der Waals surface area contributed by atoms with Crippen LogP contribution in [0.4, 0.5) is 0 Å². The maximum absolute atomic E-state index is 9.75. The molecule has 1 atom stereocenters. The average molecular weight is 153 g/mol. The molecule has 0 aromatic heterocycles. The summed E-state index contributed by atoms with van der Waals surface area (Å²) in [6.45, 7) is 4.93. The molecule has 60 valence electrons. The van der Waals surface area contributed by atoms with E-state index in [2.05, 4.69) is 11.6 Å². The Hall–Kier alpha value is -0.920. The predicted molar refractivity (Wildman–Crippen MR) is 41.1 cm³/mol. The van der Waals surface area contributed by atoms with E-state index >= 15 is 0 Å². The van der Waals surface area contributed by atoms with Crippen LogP contribution in [0.3, 0.4) is 0 Å². The van der Waals surface area contributed by atoms with Gasteiger partial charge in [-0.2, -0.15) is 0 Å². The van der Waals surface area contributed by atoms with E-state index in [-0.39, 0.29) is 6.10 Å². The van der Waals surface area contributed by atoms with Crippen LogP contribution in [-0.4, -0.2) is 25.3 Å². The molecule has 0 saturated carbocycles. The van der Waals surface area contributed by atoms with Crippen LogP contribution in [0.5, 0.6) is 0 Å². The Labute approximate surface area is 65.8 Å². The lowest BCUT2D eigenvalue weighted by molar-refractivity contribution is 0.136. The zero-order valence-electron chi connectivity index (χ0n) is 6.38. The van der Waals surface area contributed by atoms with Gasteiger partial charge in [0.1, 0.15) is 0 Å². The normalized spacial score (nSPS) is 22.7. The van der Waals surface area contributed by atoms with Gasteiger partial charge in [0.15, 0.2) is 0 Å². The number of isocyanates is 1. The highest BCUT2D eigenvalue weighted by molar-refractivity contribution is 5.34. The summed E-state index contributed by atoms with van der Waals surface area (Å²) in [5.74, 6) is 0. The molecule has 0 N–H and O–H groups in total. The van der Waals surface area contributed by atoms with Gasteiger partial charge in [-0.05, 0) is 18.4 Å². The van der Waals surface area contributed by atoms with Crippen molar-refractivity contribution in [3.8, 4) is 0 Å². The number of aliphatic imine (C=N–C) groups is 1. The summed E-state index contributed by atoms with van der Waals surface area (Å²) in [6.07, 6.45) is 3.68. The fourth-order valence-corrected chi connectivity index (χ4v) is 1.14. The van der Waals surface area contributed by atoms with E-state index in [9.17, 15) is 4.79 Å². The Morgan fingerprint density at radius 2 is 2.64 bits per heavy atom. The molecule has 0 aliphatic carbocycles. The number of hydrogen-bond acceptors (Lipinski definition) is 3. The molecule has 3 heteroatoms. The van der Waals surface area contributed by atoms with E-state index < -0.39 is 0 Å². The van der Waals surface area contributed by atoms with Gasteiger partial charge < -0.3 is 4.74 Å². The summed E-state index contributed by atoms with van der Waals surface area (Å²) in [6, 6.07) is 0. The molecule has 0 radical (unpaired) electrons. The van der Waals surface area contributed by atoms with E-state index in [0.717, 1.165) is 25.0 Å². The van der Waals surface area contributed by atoms with Crippen LogP contribution >= 0.6 is 0 Å². The van der Waals surface area contributed by atoms with Crippen molar-refractivity contribution >= 4 is 6.08 Å². The minimum atomic E-state index is 0.118. The van der Waals surface area contributed by atoms with Crippen LogP contribution in [0.2, 0.25) is 0 Å². The van der Waals surface area contributed by atoms with Crippen molar-refractivity contribution in [3.63, 3.8) is 0 Å². The third-order valence-electron chi connectivity index (χ3n) is 1.73. The topological polar surface area (TPSA) is 38.7 Å². The van der Waals surface area contributed by atoms with E-state index in [4.69, 9.17) is 4.74 Å². The monoisotopic (exact) mass is 153 g/mol. The van der Waals surface area contributed by atoms with Crippen LogP contribution < -0.4 is 0 Å². The molecular weight excluding hydrogens is 142 g/mol. The Kier molecular flexibility index (Phi) is 3.02. The van der Waals surface area contributed by atoms with Crippen LogP contribution in [-0.2, 0) is 9.53 Å². The number of hydrogen-bond donors (Lipinski definition) is 0. The summed E-state index contributed by atoms with van der Waals surface area (Å²) in [7, 11) is 0. The van der Waals surface area contributed by atoms with E-state index in [1.54, 1.807) is 0 Å². The molecule has 0 bridgehead atoms. The van der Waals surface area contributed by atoms with Gasteiger partial charge in [0.05, 0.1) is 12.6 Å². The molecule has 1 rings (SSSR count). The van der Waals surface area contributed by atoms with Gasteiger partial charge in [-0.1, -0.05) is 6.58 Å². The van der Waals surface area contributed by atoms with Gasteiger partial charge in [-0.3, -0.25) is 0 Å². The number of rotatable bonds is 3. The lowest BCUT2D eigenvalue weighted by Gasteiger charge is -2.08. The van der Waals surface area contributed by atoms with Gasteiger partial charge in [-0.15, -0.1) is 0 Å². The highest BCUT2D eigenvalue weighted by Gasteiger charge is 2.17. The van der Waals surface area contributed by atoms with Gasteiger partial charge in [0, 0.05) is 6.61 Å². The van der Waals surface area contributed by atoms with Gasteiger partial charge in [0.2, 0.25) is 6.08 Å². The highest BCUT2D eigenvalue weighted by atomic mass is 16.5. The zero-order valence-corrected chi connectivity index (χ0v) is 6.38. The molecule has 1 heterocycles. The van der Waals surface area contributed by atoms with Crippen molar-refractivity contribution in [2.24, 2.45) is 4.99 Å². The van der Waals surface area contributed by atoms with Gasteiger partial charge in [0.25, 0.3) is 0 Å². The Morgan fingerprint density at radius 1 is 1.82 bits per heavy atom. The fraction of sp³-hybridized carbons (Fsp3) is 0.625. The summed E-state index contributed by atoms with van der Waals surface area (Å²) in [5.41, 5.74) is 0.880. The van der Waals surface area contributed by atoms with Crippen LogP contribution in [0.1, 0.15) is 12.8 Å². The van der Waals surface area contributed by atoms with Crippen molar-refractivity contribution in [2.75, 3.05) is 13.2 Å². The lowest BCUT2D eigenvalue weighted by Crippen LogP contribution is -2.09. The minimum absolute atomic E-state index is 0.118. The third kappa shape index (κ3) is 2.30. The minimum Gasteiger partial charge on any atom is -0.374 e. The number of ether oxygens (including phenoxy) is 1. The first-order valence-corrected chi connectivity index (χ1v) is 3.67. The number of carbonyl (C=O) groups excluding carboxylic acids is 1. The van der Waals surface area contributed by atoms with Gasteiger partial charge in [-0.25, -0.2) is 9.79 Å². The SMILES string of the molecule is C=C(CN=C=O)C1CCCO1. The van der Waals surface area contributed by atoms with E-state index in [1.807, 2.05) is 0 Å². The molecule has 0 spiro atoms. The Bertz CT molecular complexity index is 188. The van der Waals surface area contributed by atoms with Crippen molar-refractivity contribution < 1.29 is 9.53 Å². The van der Waals surface area contributed by atoms with Crippen LogP contribution in [0, 0.1) is 0 Å². The molecule has 1 unspecified atom stereocenters. The molecule has 1 fully saturated rings. The van der Waals surface area contributed by atoms with Crippen molar-refractivity contribution in [3.05, 3.63) is 12.2 Å². The molecule has 1 aliphatic rings. The maximum atomic E-state index is 9.75. The lowest BCUT2D eigenvalue weighted by atomic mass is 10.1. The second-order valence-corrected chi connectivity index (χ2v) is 2.57. The molecular formula is C8H11NO2. The molecule has 1 aliphatic heterocycles. The second kappa shape index (κ2) is 4.06.